The summed E-state index contributed by atoms with van der Waals surface area (Å²) in [6, 6.07) is 5.49. The Morgan fingerprint density at radius 2 is 2.32 bits per heavy atom. The van der Waals surface area contributed by atoms with Crippen molar-refractivity contribution in [2.24, 2.45) is 0 Å². The molecule has 0 radical (unpaired) electrons. The zero-order chi connectivity index (χ0) is 13.8. The van der Waals surface area contributed by atoms with Crippen LogP contribution in [0.1, 0.15) is 23.6 Å². The van der Waals surface area contributed by atoms with E-state index in [1.807, 2.05) is 24.4 Å². The standard InChI is InChI=1S/C13H15NO3S2/c1-9(11-4-3-7-18-11)14-13(15)8-19(16)12-5-6-17-10(12)2/h3-7,9H,8H2,1-2H3,(H,14,15)/t9-,19-/m0/s1. The minimum atomic E-state index is -1.36. The second-order valence-electron chi connectivity index (χ2n) is 4.14. The van der Waals surface area contributed by atoms with Crippen LogP contribution in [-0.2, 0) is 15.6 Å². The first-order valence-electron chi connectivity index (χ1n) is 5.83. The molecule has 102 valence electrons. The summed E-state index contributed by atoms with van der Waals surface area (Å²) in [4.78, 5) is 13.5. The minimum absolute atomic E-state index is 0.0455. The van der Waals surface area contributed by atoms with Gasteiger partial charge in [0, 0.05) is 4.88 Å². The number of carbonyl (C=O) groups excluding carboxylic acids is 1. The van der Waals surface area contributed by atoms with Gasteiger partial charge in [-0.2, -0.15) is 0 Å². The van der Waals surface area contributed by atoms with Gasteiger partial charge >= 0.3 is 0 Å². The molecule has 0 aliphatic carbocycles. The molecule has 0 unspecified atom stereocenters. The van der Waals surface area contributed by atoms with Crippen LogP contribution in [0.5, 0.6) is 0 Å². The molecule has 0 aliphatic rings. The van der Waals surface area contributed by atoms with Crippen molar-refractivity contribution in [1.82, 2.24) is 5.32 Å². The van der Waals surface area contributed by atoms with Crippen LogP contribution in [0.25, 0.3) is 0 Å². The molecule has 6 heteroatoms. The largest absolute Gasteiger partial charge is 0.468 e. The summed E-state index contributed by atoms with van der Waals surface area (Å²) in [7, 11) is -1.36. The first kappa shape index (κ1) is 14.0. The summed E-state index contributed by atoms with van der Waals surface area (Å²) in [6.07, 6.45) is 1.48. The number of aryl methyl sites for hydroxylation is 1. The number of hydrogen-bond donors (Lipinski definition) is 1. The van der Waals surface area contributed by atoms with Crippen LogP contribution in [0.4, 0.5) is 0 Å². The fourth-order valence-corrected chi connectivity index (χ4v) is 3.49. The van der Waals surface area contributed by atoms with E-state index in [2.05, 4.69) is 5.32 Å². The first-order valence-corrected chi connectivity index (χ1v) is 8.03. The summed E-state index contributed by atoms with van der Waals surface area (Å²) in [6.45, 7) is 3.65. The fraction of sp³-hybridized carbons (Fsp3) is 0.308. The third kappa shape index (κ3) is 3.54. The topological polar surface area (TPSA) is 59.3 Å². The molecule has 2 aromatic rings. The molecule has 0 spiro atoms. The molecule has 2 atom stereocenters. The first-order chi connectivity index (χ1) is 9.08. The maximum absolute atomic E-state index is 12.0. The number of hydrogen-bond acceptors (Lipinski definition) is 4. The van der Waals surface area contributed by atoms with Gasteiger partial charge < -0.3 is 9.73 Å². The van der Waals surface area contributed by atoms with Crippen LogP contribution >= 0.6 is 11.3 Å². The molecule has 19 heavy (non-hydrogen) atoms. The number of furan rings is 1. The Morgan fingerprint density at radius 1 is 1.53 bits per heavy atom. The smallest absolute Gasteiger partial charge is 0.233 e. The van der Waals surface area contributed by atoms with Crippen molar-refractivity contribution in [2.45, 2.75) is 24.8 Å². The Hall–Kier alpha value is -1.40. The van der Waals surface area contributed by atoms with E-state index >= 15 is 0 Å². The van der Waals surface area contributed by atoms with Gasteiger partial charge in [-0.25, -0.2) is 0 Å². The molecule has 0 aliphatic heterocycles. The summed E-state index contributed by atoms with van der Waals surface area (Å²) in [5.74, 6) is 0.327. The third-order valence-electron chi connectivity index (χ3n) is 2.67. The molecule has 1 N–H and O–H groups in total. The molecule has 2 aromatic heterocycles. The van der Waals surface area contributed by atoms with Gasteiger partial charge in [0.15, 0.2) is 0 Å². The Morgan fingerprint density at radius 3 is 2.89 bits per heavy atom. The van der Waals surface area contributed by atoms with Crippen LogP contribution in [0.2, 0.25) is 0 Å². The predicted octanol–water partition coefficient (Wildman–Crippen LogP) is 2.63. The quantitative estimate of drug-likeness (QED) is 0.923. The zero-order valence-electron chi connectivity index (χ0n) is 10.7. The average Bonchev–Trinajstić information content (AvgIpc) is 2.98. The highest BCUT2D eigenvalue weighted by Crippen LogP contribution is 2.18. The van der Waals surface area contributed by atoms with Crippen LogP contribution in [-0.4, -0.2) is 15.9 Å². The fourth-order valence-electron chi connectivity index (χ4n) is 1.70. The van der Waals surface area contributed by atoms with Crippen LogP contribution in [0.3, 0.4) is 0 Å². The monoisotopic (exact) mass is 297 g/mol. The lowest BCUT2D eigenvalue weighted by Gasteiger charge is -2.11. The van der Waals surface area contributed by atoms with Crippen LogP contribution < -0.4 is 5.32 Å². The number of thiophene rings is 1. The third-order valence-corrected chi connectivity index (χ3v) is 5.16. The summed E-state index contributed by atoms with van der Waals surface area (Å²) in [5.41, 5.74) is 0. The molecular formula is C13H15NO3S2. The van der Waals surface area contributed by atoms with Gasteiger partial charge in [-0.05, 0) is 31.4 Å². The van der Waals surface area contributed by atoms with E-state index in [4.69, 9.17) is 4.42 Å². The molecule has 0 saturated heterocycles. The van der Waals surface area contributed by atoms with Crippen LogP contribution in [0, 0.1) is 6.92 Å². The molecule has 2 heterocycles. The highest BCUT2D eigenvalue weighted by molar-refractivity contribution is 7.85. The average molecular weight is 297 g/mol. The molecule has 0 fully saturated rings. The van der Waals surface area contributed by atoms with E-state index in [1.54, 1.807) is 24.3 Å². The van der Waals surface area contributed by atoms with Gasteiger partial charge in [0.05, 0.1) is 28.0 Å². The van der Waals surface area contributed by atoms with Crippen molar-refractivity contribution < 1.29 is 13.4 Å². The molecule has 2 rings (SSSR count). The normalized spacial score (nSPS) is 14.0. The highest BCUT2D eigenvalue weighted by Gasteiger charge is 2.16. The lowest BCUT2D eigenvalue weighted by Crippen LogP contribution is -2.30. The Balaban J connectivity index is 1.91. The summed E-state index contributed by atoms with van der Waals surface area (Å²) >= 11 is 1.59. The van der Waals surface area contributed by atoms with Gasteiger partial charge in [0.25, 0.3) is 0 Å². The van der Waals surface area contributed by atoms with E-state index < -0.39 is 10.8 Å². The maximum atomic E-state index is 12.0. The Labute approximate surface area is 118 Å². The van der Waals surface area contributed by atoms with E-state index in [0.717, 1.165) is 4.88 Å². The van der Waals surface area contributed by atoms with Crippen molar-refractivity contribution in [3.05, 3.63) is 40.5 Å². The number of nitrogens with one attached hydrogen (secondary N) is 1. The minimum Gasteiger partial charge on any atom is -0.468 e. The van der Waals surface area contributed by atoms with Crippen molar-refractivity contribution in [2.75, 3.05) is 5.75 Å². The van der Waals surface area contributed by atoms with Gasteiger partial charge in [-0.15, -0.1) is 11.3 Å². The number of rotatable bonds is 5. The zero-order valence-corrected chi connectivity index (χ0v) is 12.3. The SMILES string of the molecule is Cc1occc1[S@@](=O)CC(=O)N[C@@H](C)c1cccs1. The van der Waals surface area contributed by atoms with Crippen molar-refractivity contribution in [3.63, 3.8) is 0 Å². The lowest BCUT2D eigenvalue weighted by atomic mass is 10.3. The molecule has 0 bridgehead atoms. The molecule has 0 aromatic carbocycles. The van der Waals surface area contributed by atoms with E-state index in [1.165, 1.54) is 6.26 Å². The van der Waals surface area contributed by atoms with Crippen molar-refractivity contribution in [3.8, 4) is 0 Å². The Bertz CT molecular complexity index is 574. The van der Waals surface area contributed by atoms with Crippen molar-refractivity contribution >= 4 is 28.0 Å². The molecule has 0 saturated carbocycles. The second kappa shape index (κ2) is 6.16. The second-order valence-corrected chi connectivity index (χ2v) is 6.53. The van der Waals surface area contributed by atoms with E-state index in [-0.39, 0.29) is 17.7 Å². The number of amides is 1. The van der Waals surface area contributed by atoms with Gasteiger partial charge in [0.1, 0.15) is 11.5 Å². The van der Waals surface area contributed by atoms with Gasteiger partial charge in [-0.3, -0.25) is 9.00 Å². The number of carbonyl (C=O) groups is 1. The van der Waals surface area contributed by atoms with E-state index in [0.29, 0.717) is 10.7 Å². The van der Waals surface area contributed by atoms with Gasteiger partial charge in [-0.1, -0.05) is 6.07 Å². The van der Waals surface area contributed by atoms with Crippen molar-refractivity contribution in [1.29, 1.82) is 0 Å². The summed E-state index contributed by atoms with van der Waals surface area (Å²) in [5, 5.41) is 4.81. The Kier molecular flexibility index (Phi) is 4.55. The predicted molar refractivity (Wildman–Crippen MR) is 75.6 cm³/mol. The summed E-state index contributed by atoms with van der Waals surface area (Å²) < 4.78 is 17.1. The maximum Gasteiger partial charge on any atom is 0.233 e. The van der Waals surface area contributed by atoms with Crippen LogP contribution in [0.15, 0.2) is 39.2 Å². The molecular weight excluding hydrogens is 282 g/mol. The molecule has 4 nitrogen and oxygen atoms in total. The molecule has 1 amide bonds. The highest BCUT2D eigenvalue weighted by atomic mass is 32.2. The lowest BCUT2D eigenvalue weighted by molar-refractivity contribution is -0.119. The van der Waals surface area contributed by atoms with E-state index in [9.17, 15) is 9.00 Å². The van der Waals surface area contributed by atoms with Gasteiger partial charge in [0.2, 0.25) is 5.91 Å².